The number of rotatable bonds is 3. The maximum absolute atomic E-state index is 11.5. The van der Waals surface area contributed by atoms with E-state index in [0.29, 0.717) is 10.9 Å². The van der Waals surface area contributed by atoms with E-state index in [2.05, 4.69) is 0 Å². The van der Waals surface area contributed by atoms with Gasteiger partial charge >= 0.3 is 5.97 Å². The van der Waals surface area contributed by atoms with Crippen LogP contribution < -0.4 is 0 Å². The zero-order valence-corrected chi connectivity index (χ0v) is 10.3. The van der Waals surface area contributed by atoms with Crippen molar-refractivity contribution in [3.63, 3.8) is 0 Å². The molecular weight excluding hydrogens is 234 g/mol. The van der Waals surface area contributed by atoms with Gasteiger partial charge in [-0.2, -0.15) is 0 Å². The second-order valence-electron chi connectivity index (χ2n) is 4.02. The summed E-state index contributed by atoms with van der Waals surface area (Å²) in [5.41, 5.74) is 1.09. The average molecular weight is 249 g/mol. The number of carbonyl (C=O) groups excluding carboxylic acids is 1. The number of aromatic hydroxyl groups is 1. The molecule has 96 valence electrons. The topological polar surface area (TPSA) is 71.7 Å². The van der Waals surface area contributed by atoms with Crippen LogP contribution in [0.3, 0.4) is 0 Å². The average Bonchev–Trinajstić information content (AvgIpc) is 2.68. The minimum Gasteiger partial charge on any atom is -0.507 e. The highest BCUT2D eigenvalue weighted by atomic mass is 16.5. The van der Waals surface area contributed by atoms with Gasteiger partial charge in [0.15, 0.2) is 6.10 Å². The number of benzene rings is 1. The maximum Gasteiger partial charge on any atom is 0.339 e. The van der Waals surface area contributed by atoms with Crippen molar-refractivity contribution in [2.24, 2.45) is 7.05 Å². The molecular formula is C13H15NO4. The summed E-state index contributed by atoms with van der Waals surface area (Å²) in [5.74, 6) is -0.681. The van der Waals surface area contributed by atoms with E-state index in [1.165, 1.54) is 6.07 Å². The first-order valence-electron chi connectivity index (χ1n) is 5.67. The molecule has 2 N–H and O–H groups in total. The van der Waals surface area contributed by atoms with Crippen molar-refractivity contribution in [2.45, 2.75) is 13.0 Å². The molecule has 1 atom stereocenters. The number of aromatic nitrogens is 1. The Morgan fingerprint density at radius 1 is 1.50 bits per heavy atom. The van der Waals surface area contributed by atoms with Gasteiger partial charge in [0.05, 0.1) is 12.1 Å². The van der Waals surface area contributed by atoms with Gasteiger partial charge in [0, 0.05) is 24.2 Å². The molecule has 0 fully saturated rings. The molecule has 1 aromatic heterocycles. The summed E-state index contributed by atoms with van der Waals surface area (Å²) in [6.45, 7) is 1.87. The number of phenols is 1. The molecule has 0 saturated heterocycles. The van der Waals surface area contributed by atoms with E-state index >= 15 is 0 Å². The van der Waals surface area contributed by atoms with Gasteiger partial charge in [-0.25, -0.2) is 4.79 Å². The van der Waals surface area contributed by atoms with Crippen LogP contribution in [0.1, 0.15) is 18.6 Å². The Labute approximate surface area is 104 Å². The van der Waals surface area contributed by atoms with E-state index in [0.717, 1.165) is 5.52 Å². The highest BCUT2D eigenvalue weighted by molar-refractivity contribution is 5.93. The standard InChI is InChI=1S/C13H15NO4/c1-3-18-13(17)12(16)8-7-14(2)9-5-4-6-10(15)11(8)9/h4-7,12,15-16H,3H2,1-2H3. The number of ether oxygens (including phenoxy) is 1. The molecule has 2 rings (SSSR count). The summed E-state index contributed by atoms with van der Waals surface area (Å²) >= 11 is 0. The van der Waals surface area contributed by atoms with Crippen LogP contribution in [0.15, 0.2) is 24.4 Å². The third kappa shape index (κ3) is 1.93. The number of aliphatic hydroxyl groups is 1. The molecule has 0 radical (unpaired) electrons. The molecule has 0 aliphatic heterocycles. The molecule has 18 heavy (non-hydrogen) atoms. The molecule has 5 nitrogen and oxygen atoms in total. The smallest absolute Gasteiger partial charge is 0.339 e. The van der Waals surface area contributed by atoms with Crippen molar-refractivity contribution in [3.05, 3.63) is 30.0 Å². The molecule has 0 aliphatic rings. The van der Waals surface area contributed by atoms with E-state index in [-0.39, 0.29) is 12.4 Å². The number of esters is 1. The lowest BCUT2D eigenvalue weighted by molar-refractivity contribution is -0.153. The third-order valence-corrected chi connectivity index (χ3v) is 2.83. The number of hydrogen-bond acceptors (Lipinski definition) is 4. The molecule has 1 unspecified atom stereocenters. The molecule has 1 aromatic carbocycles. The van der Waals surface area contributed by atoms with Crippen LogP contribution in [0.2, 0.25) is 0 Å². The molecule has 0 aliphatic carbocycles. The number of aryl methyl sites for hydroxylation is 1. The predicted molar refractivity (Wildman–Crippen MR) is 66.2 cm³/mol. The Kier molecular flexibility index (Phi) is 3.25. The van der Waals surface area contributed by atoms with Crippen molar-refractivity contribution in [2.75, 3.05) is 6.61 Å². The zero-order valence-electron chi connectivity index (χ0n) is 10.3. The van der Waals surface area contributed by atoms with Crippen LogP contribution in [-0.4, -0.2) is 27.4 Å². The van der Waals surface area contributed by atoms with E-state index in [1.54, 1.807) is 36.9 Å². The lowest BCUT2D eigenvalue weighted by atomic mass is 10.1. The summed E-state index contributed by atoms with van der Waals surface area (Å²) in [5, 5.41) is 20.3. The molecule has 5 heteroatoms. The maximum atomic E-state index is 11.5. The van der Waals surface area contributed by atoms with Crippen LogP contribution in [-0.2, 0) is 16.6 Å². The molecule has 0 saturated carbocycles. The number of aliphatic hydroxyl groups excluding tert-OH is 1. The number of nitrogens with zero attached hydrogens (tertiary/aromatic N) is 1. The summed E-state index contributed by atoms with van der Waals surface area (Å²) in [6, 6.07) is 5.03. The van der Waals surface area contributed by atoms with E-state index in [1.807, 2.05) is 0 Å². The SMILES string of the molecule is CCOC(=O)C(O)c1cn(C)c2cccc(O)c12. The van der Waals surface area contributed by atoms with Crippen LogP contribution in [0.5, 0.6) is 5.75 Å². The number of fused-ring (bicyclic) bond motifs is 1. The van der Waals surface area contributed by atoms with Gasteiger partial charge in [-0.05, 0) is 19.1 Å². The first-order valence-corrected chi connectivity index (χ1v) is 5.67. The predicted octanol–water partition coefficient (Wildman–Crippen LogP) is 1.48. The summed E-state index contributed by atoms with van der Waals surface area (Å²) in [4.78, 5) is 11.5. The molecule has 2 aromatic rings. The Morgan fingerprint density at radius 2 is 2.22 bits per heavy atom. The van der Waals surface area contributed by atoms with Crippen molar-refractivity contribution in [3.8, 4) is 5.75 Å². The van der Waals surface area contributed by atoms with Gasteiger partial charge in [-0.3, -0.25) is 0 Å². The minimum absolute atomic E-state index is 0.0337. The minimum atomic E-state index is -1.39. The van der Waals surface area contributed by atoms with Gasteiger partial charge in [-0.1, -0.05) is 6.07 Å². The Balaban J connectivity index is 2.54. The normalized spacial score (nSPS) is 12.6. The quantitative estimate of drug-likeness (QED) is 0.808. The van der Waals surface area contributed by atoms with Crippen LogP contribution in [0, 0.1) is 0 Å². The molecule has 1 heterocycles. The third-order valence-electron chi connectivity index (χ3n) is 2.83. The van der Waals surface area contributed by atoms with Gasteiger partial charge in [0.1, 0.15) is 5.75 Å². The second kappa shape index (κ2) is 4.70. The summed E-state index contributed by atoms with van der Waals surface area (Å²) in [6.07, 6.45) is 0.230. The molecule has 0 spiro atoms. The van der Waals surface area contributed by atoms with E-state index in [4.69, 9.17) is 4.74 Å². The van der Waals surface area contributed by atoms with Crippen LogP contribution in [0.25, 0.3) is 10.9 Å². The highest BCUT2D eigenvalue weighted by Crippen LogP contribution is 2.33. The summed E-state index contributed by atoms with van der Waals surface area (Å²) < 4.78 is 6.52. The van der Waals surface area contributed by atoms with Gasteiger partial charge < -0.3 is 19.5 Å². The number of hydrogen-bond donors (Lipinski definition) is 2. The van der Waals surface area contributed by atoms with Crippen LogP contribution >= 0.6 is 0 Å². The Morgan fingerprint density at radius 3 is 2.89 bits per heavy atom. The molecule has 0 bridgehead atoms. The zero-order chi connectivity index (χ0) is 13.3. The molecule has 0 amide bonds. The van der Waals surface area contributed by atoms with E-state index < -0.39 is 12.1 Å². The van der Waals surface area contributed by atoms with Gasteiger partial charge in [0.25, 0.3) is 0 Å². The van der Waals surface area contributed by atoms with Gasteiger partial charge in [-0.15, -0.1) is 0 Å². The monoisotopic (exact) mass is 249 g/mol. The van der Waals surface area contributed by atoms with Crippen molar-refractivity contribution in [1.29, 1.82) is 0 Å². The van der Waals surface area contributed by atoms with Crippen LogP contribution in [0.4, 0.5) is 0 Å². The largest absolute Gasteiger partial charge is 0.507 e. The number of carbonyl (C=O) groups is 1. The van der Waals surface area contributed by atoms with Crippen molar-refractivity contribution < 1.29 is 19.7 Å². The Hall–Kier alpha value is -2.01. The van der Waals surface area contributed by atoms with Crippen molar-refractivity contribution in [1.82, 2.24) is 4.57 Å². The fourth-order valence-corrected chi connectivity index (χ4v) is 2.02. The first kappa shape index (κ1) is 12.4. The van der Waals surface area contributed by atoms with Crippen molar-refractivity contribution >= 4 is 16.9 Å². The first-order chi connectivity index (χ1) is 8.56. The Bertz CT molecular complexity index is 588. The fourth-order valence-electron chi connectivity index (χ4n) is 2.02. The lowest BCUT2D eigenvalue weighted by Crippen LogP contribution is -2.15. The lowest BCUT2D eigenvalue weighted by Gasteiger charge is -2.08. The summed E-state index contributed by atoms with van der Waals surface area (Å²) in [7, 11) is 1.78. The highest BCUT2D eigenvalue weighted by Gasteiger charge is 2.24. The van der Waals surface area contributed by atoms with Gasteiger partial charge in [0.2, 0.25) is 0 Å². The second-order valence-corrected chi connectivity index (χ2v) is 4.02. The van der Waals surface area contributed by atoms with E-state index in [9.17, 15) is 15.0 Å². The fraction of sp³-hybridized carbons (Fsp3) is 0.308. The number of phenolic OH excluding ortho intramolecular Hbond substituents is 1.